The van der Waals surface area contributed by atoms with E-state index in [1.807, 2.05) is 42.5 Å². The van der Waals surface area contributed by atoms with Crippen molar-refractivity contribution < 1.29 is 9.84 Å². The molecule has 0 saturated carbocycles. The first-order valence-corrected chi connectivity index (χ1v) is 8.98. The molecule has 0 aromatic heterocycles. The quantitative estimate of drug-likeness (QED) is 0.840. The van der Waals surface area contributed by atoms with Gasteiger partial charge in [-0.3, -0.25) is 0 Å². The number of aliphatic hydroxyl groups excluding tert-OH is 1. The lowest BCUT2D eigenvalue weighted by Crippen LogP contribution is -2.31. The molecule has 0 spiro atoms. The van der Waals surface area contributed by atoms with Gasteiger partial charge in [0.05, 0.1) is 0 Å². The van der Waals surface area contributed by atoms with E-state index in [4.69, 9.17) is 4.74 Å². The van der Waals surface area contributed by atoms with E-state index in [1.165, 1.54) is 37.9 Å². The monoisotopic (exact) mass is 325 g/mol. The van der Waals surface area contributed by atoms with Crippen LogP contribution in [0.3, 0.4) is 0 Å². The van der Waals surface area contributed by atoms with Gasteiger partial charge in [-0.2, -0.15) is 0 Å². The third kappa shape index (κ3) is 5.08. The molecule has 1 unspecified atom stereocenters. The summed E-state index contributed by atoms with van der Waals surface area (Å²) >= 11 is 0. The van der Waals surface area contributed by atoms with Gasteiger partial charge in [0.1, 0.15) is 18.5 Å². The minimum absolute atomic E-state index is 0.275. The molecule has 1 aliphatic heterocycles. The molecule has 1 fully saturated rings. The molecule has 1 N–H and O–H groups in total. The normalized spacial score (nSPS) is 16.7. The molecule has 1 atom stereocenters. The highest BCUT2D eigenvalue weighted by molar-refractivity contribution is 5.27. The zero-order valence-electron chi connectivity index (χ0n) is 14.2. The van der Waals surface area contributed by atoms with Crippen LogP contribution in [0.25, 0.3) is 0 Å². The van der Waals surface area contributed by atoms with Crippen molar-refractivity contribution in [2.45, 2.75) is 31.8 Å². The number of nitrogens with zero attached hydrogens (tertiary/aromatic N) is 1. The van der Waals surface area contributed by atoms with Crippen LogP contribution < -0.4 is 4.74 Å². The van der Waals surface area contributed by atoms with Gasteiger partial charge in [-0.15, -0.1) is 0 Å². The van der Waals surface area contributed by atoms with Gasteiger partial charge < -0.3 is 14.7 Å². The van der Waals surface area contributed by atoms with Gasteiger partial charge in [0.15, 0.2) is 0 Å². The fourth-order valence-corrected chi connectivity index (χ4v) is 3.17. The number of hydrogen-bond donors (Lipinski definition) is 1. The fraction of sp³-hybridized carbons (Fsp3) is 0.429. The summed E-state index contributed by atoms with van der Waals surface area (Å²) in [4.78, 5) is 2.56. The maximum atomic E-state index is 10.1. The Bertz CT molecular complexity index is 591. The van der Waals surface area contributed by atoms with Gasteiger partial charge in [0.25, 0.3) is 0 Å². The Morgan fingerprint density at radius 2 is 1.62 bits per heavy atom. The van der Waals surface area contributed by atoms with Crippen LogP contribution in [0.4, 0.5) is 0 Å². The van der Waals surface area contributed by atoms with E-state index >= 15 is 0 Å². The van der Waals surface area contributed by atoms with E-state index in [2.05, 4.69) is 17.0 Å². The molecular weight excluding hydrogens is 298 g/mol. The standard InChI is InChI=1S/C21H27NO2/c23-21(19-7-3-1-4-8-19)17-24-20-11-9-18(10-12-20)13-16-22-14-5-2-6-15-22/h1,3-4,7-12,21,23H,2,5-6,13-17H2. The molecule has 0 amide bonds. The maximum absolute atomic E-state index is 10.1. The zero-order chi connectivity index (χ0) is 16.6. The highest BCUT2D eigenvalue weighted by Crippen LogP contribution is 2.17. The van der Waals surface area contributed by atoms with E-state index in [0.717, 1.165) is 24.3 Å². The second-order valence-electron chi connectivity index (χ2n) is 6.53. The van der Waals surface area contributed by atoms with Crippen molar-refractivity contribution in [3.8, 4) is 5.75 Å². The molecule has 3 nitrogen and oxygen atoms in total. The first-order valence-electron chi connectivity index (χ1n) is 8.98. The predicted octanol–water partition coefficient (Wildman–Crippen LogP) is 3.83. The van der Waals surface area contributed by atoms with Crippen molar-refractivity contribution in [2.24, 2.45) is 0 Å². The summed E-state index contributed by atoms with van der Waals surface area (Å²) in [7, 11) is 0. The number of likely N-dealkylation sites (tertiary alicyclic amines) is 1. The van der Waals surface area contributed by atoms with Crippen LogP contribution in [0, 0.1) is 0 Å². The molecule has 1 heterocycles. The Balaban J connectivity index is 1.44. The van der Waals surface area contributed by atoms with Gasteiger partial charge in [0, 0.05) is 6.54 Å². The predicted molar refractivity (Wildman–Crippen MR) is 97.3 cm³/mol. The van der Waals surface area contributed by atoms with Gasteiger partial charge in [-0.1, -0.05) is 48.9 Å². The Hall–Kier alpha value is -1.84. The first kappa shape index (κ1) is 17.0. The van der Waals surface area contributed by atoms with E-state index in [0.29, 0.717) is 0 Å². The van der Waals surface area contributed by atoms with Crippen molar-refractivity contribution in [1.29, 1.82) is 0 Å². The second-order valence-corrected chi connectivity index (χ2v) is 6.53. The van der Waals surface area contributed by atoms with Gasteiger partial charge >= 0.3 is 0 Å². The van der Waals surface area contributed by atoms with E-state index < -0.39 is 6.10 Å². The van der Waals surface area contributed by atoms with Crippen LogP contribution in [-0.4, -0.2) is 36.2 Å². The molecule has 3 rings (SSSR count). The molecule has 2 aromatic rings. The van der Waals surface area contributed by atoms with Crippen molar-refractivity contribution in [3.63, 3.8) is 0 Å². The average molecular weight is 325 g/mol. The van der Waals surface area contributed by atoms with Crippen molar-refractivity contribution in [1.82, 2.24) is 4.90 Å². The number of aliphatic hydroxyl groups is 1. The molecule has 0 aliphatic carbocycles. The van der Waals surface area contributed by atoms with Crippen LogP contribution in [0.1, 0.15) is 36.5 Å². The van der Waals surface area contributed by atoms with Crippen LogP contribution in [0.5, 0.6) is 5.75 Å². The highest BCUT2D eigenvalue weighted by atomic mass is 16.5. The Labute approximate surface area is 144 Å². The third-order valence-corrected chi connectivity index (χ3v) is 4.68. The fourth-order valence-electron chi connectivity index (χ4n) is 3.17. The molecule has 2 aromatic carbocycles. The molecule has 128 valence electrons. The maximum Gasteiger partial charge on any atom is 0.119 e. The zero-order valence-corrected chi connectivity index (χ0v) is 14.2. The SMILES string of the molecule is OC(COc1ccc(CCN2CCCCC2)cc1)c1ccccc1. The molecule has 1 aliphatic rings. The van der Waals surface area contributed by atoms with Crippen LogP contribution in [-0.2, 0) is 6.42 Å². The van der Waals surface area contributed by atoms with E-state index in [9.17, 15) is 5.11 Å². The largest absolute Gasteiger partial charge is 0.491 e. The number of benzene rings is 2. The number of rotatable bonds is 7. The number of hydrogen-bond acceptors (Lipinski definition) is 3. The minimum Gasteiger partial charge on any atom is -0.491 e. The number of ether oxygens (including phenoxy) is 1. The van der Waals surface area contributed by atoms with Crippen molar-refractivity contribution in [2.75, 3.05) is 26.2 Å². The topological polar surface area (TPSA) is 32.7 Å². The Morgan fingerprint density at radius 1 is 0.917 bits per heavy atom. The third-order valence-electron chi connectivity index (χ3n) is 4.68. The van der Waals surface area contributed by atoms with Crippen LogP contribution in [0.15, 0.2) is 54.6 Å². The lowest BCUT2D eigenvalue weighted by molar-refractivity contribution is 0.108. The van der Waals surface area contributed by atoms with Crippen LogP contribution >= 0.6 is 0 Å². The Morgan fingerprint density at radius 3 is 2.33 bits per heavy atom. The van der Waals surface area contributed by atoms with Gasteiger partial charge in [-0.05, 0) is 55.6 Å². The first-order chi connectivity index (χ1) is 11.8. The average Bonchev–Trinajstić information content (AvgIpc) is 2.67. The van der Waals surface area contributed by atoms with E-state index in [-0.39, 0.29) is 6.61 Å². The smallest absolute Gasteiger partial charge is 0.119 e. The second kappa shape index (κ2) is 8.86. The molecular formula is C21H27NO2. The van der Waals surface area contributed by atoms with E-state index in [1.54, 1.807) is 0 Å². The summed E-state index contributed by atoms with van der Waals surface area (Å²) in [6.45, 7) is 3.92. The summed E-state index contributed by atoms with van der Waals surface area (Å²) in [5, 5.41) is 10.1. The molecule has 3 heteroatoms. The highest BCUT2D eigenvalue weighted by Gasteiger charge is 2.10. The minimum atomic E-state index is -0.593. The lowest BCUT2D eigenvalue weighted by Gasteiger charge is -2.26. The summed E-state index contributed by atoms with van der Waals surface area (Å²) in [5.74, 6) is 0.812. The molecule has 1 saturated heterocycles. The van der Waals surface area contributed by atoms with Crippen molar-refractivity contribution >= 4 is 0 Å². The summed E-state index contributed by atoms with van der Waals surface area (Å²) < 4.78 is 5.71. The summed E-state index contributed by atoms with van der Waals surface area (Å²) in [5.41, 5.74) is 2.23. The van der Waals surface area contributed by atoms with Gasteiger partial charge in [0.2, 0.25) is 0 Å². The molecule has 24 heavy (non-hydrogen) atoms. The number of piperidine rings is 1. The molecule has 0 bridgehead atoms. The molecule has 0 radical (unpaired) electrons. The summed E-state index contributed by atoms with van der Waals surface area (Å²) in [6.07, 6.45) is 4.57. The lowest BCUT2D eigenvalue weighted by atomic mass is 10.1. The van der Waals surface area contributed by atoms with Crippen molar-refractivity contribution in [3.05, 3.63) is 65.7 Å². The Kier molecular flexibility index (Phi) is 6.27. The van der Waals surface area contributed by atoms with Gasteiger partial charge in [-0.25, -0.2) is 0 Å². The van der Waals surface area contributed by atoms with Crippen LogP contribution in [0.2, 0.25) is 0 Å². The summed E-state index contributed by atoms with van der Waals surface area (Å²) in [6, 6.07) is 17.9.